The molecule has 0 bridgehead atoms. The summed E-state index contributed by atoms with van der Waals surface area (Å²) in [4.78, 5) is 47.7. The fourth-order valence-corrected chi connectivity index (χ4v) is 5.05. The van der Waals surface area contributed by atoms with Crippen molar-refractivity contribution in [3.8, 4) is 0 Å². The molecule has 0 aromatic heterocycles. The second-order valence-corrected chi connectivity index (χ2v) is 12.9. The quantitative estimate of drug-likeness (QED) is 0.0685. The van der Waals surface area contributed by atoms with Gasteiger partial charge < -0.3 is 72.0 Å². The van der Waals surface area contributed by atoms with Crippen LogP contribution in [0.2, 0.25) is 0 Å². The number of ether oxygens (including phenoxy) is 13. The summed E-state index contributed by atoms with van der Waals surface area (Å²) < 4.78 is 71.1. The van der Waals surface area contributed by atoms with Gasteiger partial charge in [-0.3, -0.25) is 24.1 Å². The van der Waals surface area contributed by atoms with E-state index in [0.717, 1.165) is 0 Å². The molecule has 1 aliphatic rings. The van der Waals surface area contributed by atoms with Gasteiger partial charge in [0.15, 0.2) is 0 Å². The Kier molecular flexibility index (Phi) is 35.0. The summed E-state index contributed by atoms with van der Waals surface area (Å²) in [5.74, 6) is -1.83. The largest absolute Gasteiger partial charge is 0.481 e. The summed E-state index contributed by atoms with van der Waals surface area (Å²) in [6.45, 7) is 12.2. The summed E-state index contributed by atoms with van der Waals surface area (Å²) in [7, 11) is 0. The molecule has 20 heteroatoms. The average molecular weight is 877 g/mol. The summed E-state index contributed by atoms with van der Waals surface area (Å²) in [6.07, 6.45) is 0.456. The number of rotatable bonds is 46. The van der Waals surface area contributed by atoms with E-state index >= 15 is 0 Å². The number of hydrogen-bond acceptors (Lipinski definition) is 17. The van der Waals surface area contributed by atoms with Crippen LogP contribution < -0.4 is 5.32 Å². The molecule has 2 rings (SSSR count). The highest BCUT2D eigenvalue weighted by Gasteiger charge is 2.34. The lowest BCUT2D eigenvalue weighted by Gasteiger charge is -2.13. The van der Waals surface area contributed by atoms with Crippen LogP contribution in [-0.4, -0.2) is 219 Å². The lowest BCUT2D eigenvalue weighted by atomic mass is 10.1. The molecule has 20 nitrogen and oxygen atoms in total. The van der Waals surface area contributed by atoms with Crippen molar-refractivity contribution >= 4 is 23.7 Å². The number of imide groups is 1. The number of carbonyl (C=O) groups is 4. The van der Waals surface area contributed by atoms with Gasteiger partial charge in [0.2, 0.25) is 5.91 Å². The number of nitrogens with one attached hydrogen (secondary N) is 1. The third-order valence-corrected chi connectivity index (χ3v) is 8.16. The summed E-state index contributed by atoms with van der Waals surface area (Å²) >= 11 is 0. The molecule has 1 aliphatic heterocycles. The minimum absolute atomic E-state index is 0.0170. The number of aliphatic carboxylic acids is 1. The van der Waals surface area contributed by atoms with Gasteiger partial charge in [-0.1, -0.05) is 12.1 Å². The first kappa shape index (κ1) is 53.9. The maximum atomic E-state index is 12.3. The van der Waals surface area contributed by atoms with Crippen LogP contribution in [0.4, 0.5) is 0 Å². The Morgan fingerprint density at radius 2 is 0.705 bits per heavy atom. The molecule has 0 radical (unpaired) electrons. The summed E-state index contributed by atoms with van der Waals surface area (Å²) in [5.41, 5.74) is 0.870. The number of nitrogens with zero attached hydrogens (tertiary/aromatic N) is 1. The highest BCUT2D eigenvalue weighted by molar-refractivity contribution is 6.21. The van der Waals surface area contributed by atoms with E-state index in [1.165, 1.54) is 4.90 Å². The summed E-state index contributed by atoms with van der Waals surface area (Å²) in [6, 6.07) is 6.80. The molecule has 0 saturated carbocycles. The standard InChI is InChI=1S/C41H68N2O18/c44-38(6-7-39(45)46)42-8-3-10-49-12-14-51-16-18-53-20-22-55-24-26-57-28-30-59-32-34-61-35-33-60-31-29-58-27-25-56-23-21-54-19-17-52-15-13-50-11-9-43-40(47)36-4-1-2-5-37(36)41(43)48/h1-2,4-5H,3,6-35H2,(H,42,44)(H,45,46). The average Bonchev–Trinajstić information content (AvgIpc) is 3.50. The van der Waals surface area contributed by atoms with Crippen LogP contribution in [0.5, 0.6) is 0 Å². The van der Waals surface area contributed by atoms with Crippen LogP contribution in [0.1, 0.15) is 40.0 Å². The zero-order valence-corrected chi connectivity index (χ0v) is 35.6. The van der Waals surface area contributed by atoms with Crippen LogP contribution in [0.15, 0.2) is 24.3 Å². The van der Waals surface area contributed by atoms with Crippen molar-refractivity contribution < 1.29 is 85.9 Å². The van der Waals surface area contributed by atoms with E-state index in [2.05, 4.69) is 5.32 Å². The third-order valence-electron chi connectivity index (χ3n) is 8.16. The zero-order chi connectivity index (χ0) is 43.7. The molecule has 61 heavy (non-hydrogen) atoms. The predicted molar refractivity (Wildman–Crippen MR) is 217 cm³/mol. The molecule has 1 aromatic rings. The van der Waals surface area contributed by atoms with Gasteiger partial charge in [-0.25, -0.2) is 0 Å². The first-order chi connectivity index (χ1) is 30.0. The molecule has 2 N–H and O–H groups in total. The Balaban J connectivity index is 1.14. The topological polar surface area (TPSA) is 224 Å². The highest BCUT2D eigenvalue weighted by atomic mass is 16.6. The van der Waals surface area contributed by atoms with Crippen molar-refractivity contribution in [2.45, 2.75) is 19.3 Å². The normalized spacial score (nSPS) is 12.4. The molecular formula is C41H68N2O18. The Morgan fingerprint density at radius 3 is 1.00 bits per heavy atom. The lowest BCUT2D eigenvalue weighted by molar-refractivity contribution is -0.138. The number of carboxylic acids is 1. The van der Waals surface area contributed by atoms with E-state index in [-0.39, 0.29) is 43.7 Å². The van der Waals surface area contributed by atoms with Crippen molar-refractivity contribution in [1.82, 2.24) is 10.2 Å². The van der Waals surface area contributed by atoms with Crippen LogP contribution in [0, 0.1) is 0 Å². The van der Waals surface area contributed by atoms with Crippen molar-refractivity contribution in [2.24, 2.45) is 0 Å². The van der Waals surface area contributed by atoms with Crippen molar-refractivity contribution in [2.75, 3.05) is 185 Å². The van der Waals surface area contributed by atoms with Gasteiger partial charge in [0.25, 0.3) is 11.8 Å². The SMILES string of the molecule is O=C(O)CCC(=O)NCCCOCCOCCOCCOCCOCCOCCOCCOCCOCCOCCOCCOCCOCCN1C(=O)c2ccccc2C1=O. The molecule has 350 valence electrons. The van der Waals surface area contributed by atoms with E-state index in [0.29, 0.717) is 189 Å². The van der Waals surface area contributed by atoms with Crippen molar-refractivity contribution in [1.29, 1.82) is 0 Å². The Hall–Kier alpha value is -3.22. The predicted octanol–water partition coefficient (Wildman–Crippen LogP) is 0.870. The van der Waals surface area contributed by atoms with Gasteiger partial charge in [-0.05, 0) is 18.6 Å². The van der Waals surface area contributed by atoms with E-state index in [9.17, 15) is 19.2 Å². The highest BCUT2D eigenvalue weighted by Crippen LogP contribution is 2.21. The monoisotopic (exact) mass is 876 g/mol. The Morgan fingerprint density at radius 1 is 0.426 bits per heavy atom. The molecule has 0 unspecified atom stereocenters. The lowest BCUT2D eigenvalue weighted by Crippen LogP contribution is -2.33. The maximum absolute atomic E-state index is 12.3. The number of carbonyl (C=O) groups excluding carboxylic acids is 3. The molecule has 0 fully saturated rings. The van der Waals surface area contributed by atoms with Gasteiger partial charge in [-0.15, -0.1) is 0 Å². The second-order valence-electron chi connectivity index (χ2n) is 12.9. The number of benzene rings is 1. The minimum Gasteiger partial charge on any atom is -0.481 e. The molecule has 0 atom stereocenters. The van der Waals surface area contributed by atoms with E-state index < -0.39 is 5.97 Å². The zero-order valence-electron chi connectivity index (χ0n) is 35.6. The fourth-order valence-electron chi connectivity index (χ4n) is 5.05. The minimum atomic E-state index is -0.988. The van der Waals surface area contributed by atoms with Crippen molar-refractivity contribution in [3.05, 3.63) is 35.4 Å². The molecule has 1 aromatic carbocycles. The molecular weight excluding hydrogens is 808 g/mol. The van der Waals surface area contributed by atoms with Gasteiger partial charge in [0.1, 0.15) is 0 Å². The van der Waals surface area contributed by atoms with E-state index in [1.54, 1.807) is 24.3 Å². The number of hydrogen-bond donors (Lipinski definition) is 2. The third kappa shape index (κ3) is 30.5. The number of carboxylic acid groups (broad SMARTS) is 1. The molecule has 0 saturated heterocycles. The molecule has 3 amide bonds. The van der Waals surface area contributed by atoms with E-state index in [4.69, 9.17) is 66.7 Å². The first-order valence-corrected chi connectivity index (χ1v) is 20.9. The van der Waals surface area contributed by atoms with Crippen molar-refractivity contribution in [3.63, 3.8) is 0 Å². The first-order valence-electron chi connectivity index (χ1n) is 20.9. The molecule has 1 heterocycles. The fraction of sp³-hybridized carbons (Fsp3) is 0.756. The Bertz CT molecular complexity index is 1230. The van der Waals surface area contributed by atoms with Gasteiger partial charge in [0.05, 0.1) is 189 Å². The smallest absolute Gasteiger partial charge is 0.303 e. The van der Waals surface area contributed by atoms with E-state index in [1.807, 2.05) is 0 Å². The van der Waals surface area contributed by atoms with Gasteiger partial charge in [-0.2, -0.15) is 0 Å². The van der Waals surface area contributed by atoms with Crippen LogP contribution in [-0.2, 0) is 71.2 Å². The van der Waals surface area contributed by atoms with Crippen LogP contribution in [0.25, 0.3) is 0 Å². The maximum Gasteiger partial charge on any atom is 0.303 e. The van der Waals surface area contributed by atoms with Gasteiger partial charge >= 0.3 is 5.97 Å². The number of fused-ring (bicyclic) bond motifs is 1. The number of amides is 3. The Labute approximate surface area is 358 Å². The van der Waals surface area contributed by atoms with Crippen LogP contribution >= 0.6 is 0 Å². The summed E-state index contributed by atoms with van der Waals surface area (Å²) in [5, 5.41) is 11.2. The van der Waals surface area contributed by atoms with Gasteiger partial charge in [0, 0.05) is 19.6 Å². The van der Waals surface area contributed by atoms with Crippen LogP contribution in [0.3, 0.4) is 0 Å². The molecule has 0 spiro atoms. The second kappa shape index (κ2) is 39.6. The molecule has 0 aliphatic carbocycles.